The van der Waals surface area contributed by atoms with Crippen molar-refractivity contribution in [3.63, 3.8) is 0 Å². The summed E-state index contributed by atoms with van der Waals surface area (Å²) in [5, 5.41) is 7.35. The van der Waals surface area contributed by atoms with E-state index in [9.17, 15) is 0 Å². The van der Waals surface area contributed by atoms with Gasteiger partial charge < -0.3 is 9.84 Å². The van der Waals surface area contributed by atoms with Crippen LogP contribution in [0.2, 0.25) is 0 Å². The Hall–Kier alpha value is -1.29. The van der Waals surface area contributed by atoms with Crippen molar-refractivity contribution in [3.05, 3.63) is 45.3 Å². The maximum Gasteiger partial charge on any atom is 0.138 e. The van der Waals surface area contributed by atoms with Crippen LogP contribution < -0.4 is 5.32 Å². The Morgan fingerprint density at radius 3 is 2.71 bits per heavy atom. The fourth-order valence-electron chi connectivity index (χ4n) is 1.72. The number of nitrogens with zero attached hydrogens (tertiary/aromatic N) is 1. The van der Waals surface area contributed by atoms with E-state index in [1.54, 1.807) is 0 Å². The number of nitrogens with one attached hydrogen (secondary N) is 1. The average Bonchev–Trinajstić information content (AvgIpc) is 2.61. The van der Waals surface area contributed by atoms with E-state index in [-0.39, 0.29) is 0 Å². The number of hydrogen-bond acceptors (Lipinski definition) is 3. The second-order valence-electron chi connectivity index (χ2n) is 4.12. The molecule has 0 spiro atoms. The molecule has 0 aliphatic carbocycles. The minimum Gasteiger partial charge on any atom is -0.381 e. The first-order chi connectivity index (χ1) is 8.08. The minimum absolute atomic E-state index is 0.735. The SMILES string of the molecule is Cc1ccc(Br)cc1NCc1c(C)noc1C. The molecule has 0 saturated carbocycles. The highest BCUT2D eigenvalue weighted by Gasteiger charge is 2.08. The highest BCUT2D eigenvalue weighted by Crippen LogP contribution is 2.22. The molecule has 0 aliphatic heterocycles. The Kier molecular flexibility index (Phi) is 3.52. The number of rotatable bonds is 3. The number of aromatic nitrogens is 1. The molecule has 4 heteroatoms. The van der Waals surface area contributed by atoms with Crippen LogP contribution in [0, 0.1) is 20.8 Å². The number of aryl methyl sites for hydroxylation is 3. The van der Waals surface area contributed by atoms with Gasteiger partial charge >= 0.3 is 0 Å². The topological polar surface area (TPSA) is 38.1 Å². The van der Waals surface area contributed by atoms with Gasteiger partial charge in [-0.1, -0.05) is 27.2 Å². The zero-order valence-corrected chi connectivity index (χ0v) is 11.8. The molecule has 17 heavy (non-hydrogen) atoms. The van der Waals surface area contributed by atoms with Crippen molar-refractivity contribution in [1.29, 1.82) is 0 Å². The fourth-order valence-corrected chi connectivity index (χ4v) is 2.08. The molecule has 2 rings (SSSR count). The van der Waals surface area contributed by atoms with Gasteiger partial charge in [0, 0.05) is 22.3 Å². The summed E-state index contributed by atoms with van der Waals surface area (Å²) in [7, 11) is 0. The van der Waals surface area contributed by atoms with Crippen LogP contribution in [0.5, 0.6) is 0 Å². The first kappa shape index (κ1) is 12.2. The van der Waals surface area contributed by atoms with Gasteiger partial charge in [0.25, 0.3) is 0 Å². The first-order valence-electron chi connectivity index (χ1n) is 5.49. The Balaban J connectivity index is 2.15. The smallest absolute Gasteiger partial charge is 0.138 e. The second-order valence-corrected chi connectivity index (χ2v) is 5.03. The van der Waals surface area contributed by atoms with Crippen molar-refractivity contribution >= 4 is 21.6 Å². The van der Waals surface area contributed by atoms with E-state index < -0.39 is 0 Å². The summed E-state index contributed by atoms with van der Waals surface area (Å²) in [5.41, 5.74) is 4.42. The molecule has 0 bridgehead atoms. The zero-order valence-electron chi connectivity index (χ0n) is 10.2. The van der Waals surface area contributed by atoms with Crippen LogP contribution >= 0.6 is 15.9 Å². The van der Waals surface area contributed by atoms with E-state index in [2.05, 4.69) is 45.5 Å². The van der Waals surface area contributed by atoms with Crippen LogP contribution in [-0.4, -0.2) is 5.16 Å². The maximum absolute atomic E-state index is 5.14. The summed E-state index contributed by atoms with van der Waals surface area (Å²) in [6, 6.07) is 6.20. The summed E-state index contributed by atoms with van der Waals surface area (Å²) >= 11 is 3.47. The van der Waals surface area contributed by atoms with Crippen LogP contribution in [0.4, 0.5) is 5.69 Å². The molecule has 0 aliphatic rings. The molecule has 0 unspecified atom stereocenters. The third-order valence-electron chi connectivity index (χ3n) is 2.84. The molecular weight excluding hydrogens is 280 g/mol. The molecule has 2 aromatic rings. The van der Waals surface area contributed by atoms with Gasteiger partial charge in [-0.3, -0.25) is 0 Å². The van der Waals surface area contributed by atoms with E-state index in [1.807, 2.05) is 19.9 Å². The summed E-state index contributed by atoms with van der Waals surface area (Å²) in [4.78, 5) is 0. The lowest BCUT2D eigenvalue weighted by Gasteiger charge is -2.09. The fraction of sp³-hybridized carbons (Fsp3) is 0.308. The van der Waals surface area contributed by atoms with E-state index in [0.717, 1.165) is 33.7 Å². The van der Waals surface area contributed by atoms with Gasteiger partial charge in [-0.15, -0.1) is 0 Å². The van der Waals surface area contributed by atoms with Crippen LogP contribution in [-0.2, 0) is 6.54 Å². The summed E-state index contributed by atoms with van der Waals surface area (Å²) in [6.45, 7) is 6.71. The minimum atomic E-state index is 0.735. The molecule has 1 aromatic heterocycles. The first-order valence-corrected chi connectivity index (χ1v) is 6.29. The number of benzene rings is 1. The molecule has 0 amide bonds. The summed E-state index contributed by atoms with van der Waals surface area (Å²) in [6.07, 6.45) is 0. The van der Waals surface area contributed by atoms with E-state index >= 15 is 0 Å². The van der Waals surface area contributed by atoms with Crippen molar-refractivity contribution in [2.75, 3.05) is 5.32 Å². The average molecular weight is 295 g/mol. The quantitative estimate of drug-likeness (QED) is 0.931. The molecule has 90 valence electrons. The van der Waals surface area contributed by atoms with Crippen molar-refractivity contribution in [2.45, 2.75) is 27.3 Å². The number of hydrogen-bond donors (Lipinski definition) is 1. The third-order valence-corrected chi connectivity index (χ3v) is 3.33. The van der Waals surface area contributed by atoms with Gasteiger partial charge in [-0.05, 0) is 38.5 Å². The normalized spacial score (nSPS) is 10.6. The van der Waals surface area contributed by atoms with Crippen molar-refractivity contribution in [3.8, 4) is 0 Å². The maximum atomic E-state index is 5.14. The molecule has 0 fully saturated rings. The van der Waals surface area contributed by atoms with Gasteiger partial charge in [-0.2, -0.15) is 0 Å². The van der Waals surface area contributed by atoms with Crippen molar-refractivity contribution < 1.29 is 4.52 Å². The van der Waals surface area contributed by atoms with Crippen LogP contribution in [0.15, 0.2) is 27.2 Å². The predicted molar refractivity (Wildman–Crippen MR) is 72.2 cm³/mol. The van der Waals surface area contributed by atoms with Crippen LogP contribution in [0.3, 0.4) is 0 Å². The number of halogens is 1. The molecule has 1 heterocycles. The second kappa shape index (κ2) is 4.92. The number of anilines is 1. The summed E-state index contributed by atoms with van der Waals surface area (Å²) < 4.78 is 6.21. The zero-order chi connectivity index (χ0) is 12.4. The largest absolute Gasteiger partial charge is 0.381 e. The Bertz CT molecular complexity index is 515. The van der Waals surface area contributed by atoms with Gasteiger partial charge in [-0.25, -0.2) is 0 Å². The lowest BCUT2D eigenvalue weighted by atomic mass is 10.1. The van der Waals surface area contributed by atoms with Crippen molar-refractivity contribution in [2.24, 2.45) is 0 Å². The lowest BCUT2D eigenvalue weighted by molar-refractivity contribution is 0.392. The standard InChI is InChI=1S/C13H15BrN2O/c1-8-4-5-11(14)6-13(8)15-7-12-9(2)16-17-10(12)3/h4-6,15H,7H2,1-3H3. The summed E-state index contributed by atoms with van der Waals surface area (Å²) in [5.74, 6) is 0.877. The Labute approximate surface area is 109 Å². The molecule has 1 aromatic carbocycles. The highest BCUT2D eigenvalue weighted by molar-refractivity contribution is 9.10. The monoisotopic (exact) mass is 294 g/mol. The molecule has 1 N–H and O–H groups in total. The molecule has 0 saturated heterocycles. The van der Waals surface area contributed by atoms with E-state index in [1.165, 1.54) is 5.56 Å². The predicted octanol–water partition coefficient (Wildman–Crippen LogP) is 3.97. The van der Waals surface area contributed by atoms with Gasteiger partial charge in [0.1, 0.15) is 5.76 Å². The van der Waals surface area contributed by atoms with Crippen LogP contribution in [0.1, 0.15) is 22.6 Å². The van der Waals surface area contributed by atoms with Gasteiger partial charge in [0.2, 0.25) is 0 Å². The molecule has 0 atom stereocenters. The Morgan fingerprint density at radius 1 is 1.29 bits per heavy atom. The molecular formula is C13H15BrN2O. The van der Waals surface area contributed by atoms with Crippen LogP contribution in [0.25, 0.3) is 0 Å². The highest BCUT2D eigenvalue weighted by atomic mass is 79.9. The van der Waals surface area contributed by atoms with E-state index in [0.29, 0.717) is 0 Å². The molecule has 0 radical (unpaired) electrons. The molecule has 3 nitrogen and oxygen atoms in total. The third kappa shape index (κ3) is 2.69. The van der Waals surface area contributed by atoms with E-state index in [4.69, 9.17) is 4.52 Å². The van der Waals surface area contributed by atoms with Gasteiger partial charge in [0.15, 0.2) is 0 Å². The van der Waals surface area contributed by atoms with Crippen molar-refractivity contribution in [1.82, 2.24) is 5.16 Å². The van der Waals surface area contributed by atoms with Gasteiger partial charge in [0.05, 0.1) is 5.69 Å². The Morgan fingerprint density at radius 2 is 2.06 bits per heavy atom. The lowest BCUT2D eigenvalue weighted by Crippen LogP contribution is -2.02.